The van der Waals surface area contributed by atoms with Crippen LogP contribution in [0.15, 0.2) is 66.9 Å². The number of morpholine rings is 1. The Balaban J connectivity index is 1.26. The standard InChI is InChI=1S/C34H27ClF5N7O4S/c1-46(2)33-45-28(18-4-3-5-19(16-18)42-30(48)26-22(36)7-9-25(27(26)37)51-31(49)34(38,39)40)29(52-33)23-10-11-41-32(44-23)43-20-6-8-24(21(35)17-20)47-12-14-50-15-13-47/h3-11,16-17H,12-15H2,1-2H3,(H,42,48)(H,41,43,44). The summed E-state index contributed by atoms with van der Waals surface area (Å²) in [4.78, 5) is 42.7. The highest BCUT2D eigenvalue weighted by molar-refractivity contribution is 7.19. The SMILES string of the molecule is CN(C)c1nc(-c2cccc(NC(=O)c3c(F)ccc(OC(=O)C(F)(F)F)c3F)c2)c(-c2ccnc(Nc3ccc(N4CCOCC4)c(Cl)c3)n2)s1. The molecule has 0 unspecified atom stereocenters. The van der Waals surface area contributed by atoms with E-state index in [1.165, 1.54) is 23.5 Å². The molecular formula is C34H27ClF5N7O4S. The highest BCUT2D eigenvalue weighted by Crippen LogP contribution is 2.40. The Morgan fingerprint density at radius 2 is 1.77 bits per heavy atom. The second-order valence-electron chi connectivity index (χ2n) is 11.4. The van der Waals surface area contributed by atoms with E-state index in [0.717, 1.165) is 18.8 Å². The molecule has 3 heterocycles. The van der Waals surface area contributed by atoms with Crippen LogP contribution in [-0.2, 0) is 9.53 Å². The van der Waals surface area contributed by atoms with Crippen molar-refractivity contribution in [3.05, 3.63) is 89.1 Å². The Labute approximate surface area is 302 Å². The quantitative estimate of drug-likeness (QED) is 0.0885. The minimum Gasteiger partial charge on any atom is -0.417 e. The first-order valence-corrected chi connectivity index (χ1v) is 16.6. The molecule has 0 atom stereocenters. The van der Waals surface area contributed by atoms with Gasteiger partial charge in [-0.3, -0.25) is 4.79 Å². The maximum Gasteiger partial charge on any atom is 0.491 e. The molecule has 0 saturated carbocycles. The first kappa shape index (κ1) is 36.4. The van der Waals surface area contributed by atoms with Crippen molar-refractivity contribution in [1.82, 2.24) is 15.0 Å². The Morgan fingerprint density at radius 3 is 2.48 bits per heavy atom. The first-order chi connectivity index (χ1) is 24.8. The highest BCUT2D eigenvalue weighted by atomic mass is 35.5. The number of amides is 1. The van der Waals surface area contributed by atoms with Gasteiger partial charge in [0.25, 0.3) is 5.91 Å². The normalized spacial score (nSPS) is 13.1. The molecule has 1 aliphatic rings. The van der Waals surface area contributed by atoms with Crippen LogP contribution >= 0.6 is 22.9 Å². The van der Waals surface area contributed by atoms with Gasteiger partial charge in [-0.1, -0.05) is 35.1 Å². The fraction of sp³-hybridized carbons (Fsp3) is 0.206. The van der Waals surface area contributed by atoms with Crippen LogP contribution in [0.4, 0.5) is 50.1 Å². The molecule has 1 fully saturated rings. The van der Waals surface area contributed by atoms with Gasteiger partial charge in [-0.05, 0) is 48.5 Å². The van der Waals surface area contributed by atoms with Crippen LogP contribution in [0.3, 0.4) is 0 Å². The minimum absolute atomic E-state index is 0.0757. The molecule has 0 radical (unpaired) electrons. The molecule has 0 aliphatic carbocycles. The molecule has 3 aromatic carbocycles. The summed E-state index contributed by atoms with van der Waals surface area (Å²) in [5.41, 5.74) is 1.85. The number of carbonyl (C=O) groups is 2. The average molecular weight is 760 g/mol. The smallest absolute Gasteiger partial charge is 0.417 e. The van der Waals surface area contributed by atoms with Gasteiger partial charge in [-0.25, -0.2) is 28.5 Å². The number of alkyl halides is 3. The third-order valence-corrected chi connectivity index (χ3v) is 9.10. The molecule has 5 aromatic rings. The van der Waals surface area contributed by atoms with Crippen molar-refractivity contribution in [1.29, 1.82) is 0 Å². The summed E-state index contributed by atoms with van der Waals surface area (Å²) < 4.78 is 77.0. The Kier molecular flexibility index (Phi) is 10.5. The predicted octanol–water partition coefficient (Wildman–Crippen LogP) is 7.56. The Morgan fingerprint density at radius 1 is 1.00 bits per heavy atom. The third-order valence-electron chi connectivity index (χ3n) is 7.55. The number of benzene rings is 3. The zero-order valence-electron chi connectivity index (χ0n) is 27.2. The summed E-state index contributed by atoms with van der Waals surface area (Å²) in [6, 6.07) is 14.5. The summed E-state index contributed by atoms with van der Waals surface area (Å²) in [7, 11) is 3.62. The van der Waals surface area contributed by atoms with E-state index in [2.05, 4.69) is 25.3 Å². The molecule has 52 heavy (non-hydrogen) atoms. The number of hydrogen-bond donors (Lipinski definition) is 2. The summed E-state index contributed by atoms with van der Waals surface area (Å²) >= 11 is 7.95. The van der Waals surface area contributed by atoms with Crippen molar-refractivity contribution in [2.45, 2.75) is 6.18 Å². The van der Waals surface area contributed by atoms with Crippen molar-refractivity contribution < 1.29 is 41.0 Å². The van der Waals surface area contributed by atoms with Crippen LogP contribution in [0.2, 0.25) is 5.02 Å². The van der Waals surface area contributed by atoms with Crippen LogP contribution in [0, 0.1) is 11.6 Å². The predicted molar refractivity (Wildman–Crippen MR) is 187 cm³/mol. The molecule has 0 spiro atoms. The minimum atomic E-state index is -5.45. The largest absolute Gasteiger partial charge is 0.491 e. The van der Waals surface area contributed by atoms with Crippen LogP contribution in [-0.4, -0.2) is 73.4 Å². The van der Waals surface area contributed by atoms with E-state index in [1.807, 2.05) is 26.2 Å². The molecule has 2 aromatic heterocycles. The maximum atomic E-state index is 15.0. The molecule has 1 aliphatic heterocycles. The second kappa shape index (κ2) is 15.1. The number of hydrogen-bond acceptors (Lipinski definition) is 11. The zero-order chi connectivity index (χ0) is 37.2. The zero-order valence-corrected chi connectivity index (χ0v) is 28.8. The molecule has 270 valence electrons. The van der Waals surface area contributed by atoms with Gasteiger partial charge >= 0.3 is 12.1 Å². The van der Waals surface area contributed by atoms with Crippen molar-refractivity contribution in [2.24, 2.45) is 0 Å². The molecule has 0 bridgehead atoms. The number of thiazole rings is 1. The number of esters is 1. The number of nitrogens with zero attached hydrogens (tertiary/aromatic N) is 5. The topological polar surface area (TPSA) is 122 Å². The molecule has 1 saturated heterocycles. The molecular weight excluding hydrogens is 733 g/mol. The fourth-order valence-corrected chi connectivity index (χ4v) is 6.39. The van der Waals surface area contributed by atoms with Crippen molar-refractivity contribution >= 4 is 63.0 Å². The fourth-order valence-electron chi connectivity index (χ4n) is 5.11. The van der Waals surface area contributed by atoms with Gasteiger partial charge in [0.1, 0.15) is 11.4 Å². The van der Waals surface area contributed by atoms with Crippen molar-refractivity contribution in [3.8, 4) is 27.6 Å². The molecule has 6 rings (SSSR count). The summed E-state index contributed by atoms with van der Waals surface area (Å²) in [6.07, 6.45) is -3.87. The van der Waals surface area contributed by atoms with Crippen LogP contribution in [0.25, 0.3) is 21.8 Å². The number of aromatic nitrogens is 3. The number of anilines is 5. The average Bonchev–Trinajstić information content (AvgIpc) is 3.56. The Bertz CT molecular complexity index is 2140. The number of ether oxygens (including phenoxy) is 2. The summed E-state index contributed by atoms with van der Waals surface area (Å²) in [5.74, 6) is -8.23. The molecule has 18 heteroatoms. The monoisotopic (exact) mass is 759 g/mol. The van der Waals surface area contributed by atoms with Crippen molar-refractivity contribution in [2.75, 3.05) is 60.8 Å². The Hall–Kier alpha value is -5.39. The van der Waals surface area contributed by atoms with E-state index >= 15 is 0 Å². The number of nitrogens with one attached hydrogen (secondary N) is 2. The maximum absolute atomic E-state index is 15.0. The van der Waals surface area contributed by atoms with E-state index < -0.39 is 41.0 Å². The lowest BCUT2D eigenvalue weighted by Crippen LogP contribution is -2.36. The van der Waals surface area contributed by atoms with Crippen LogP contribution in [0.5, 0.6) is 5.75 Å². The van der Waals surface area contributed by atoms with Gasteiger partial charge in [0.2, 0.25) is 5.95 Å². The summed E-state index contributed by atoms with van der Waals surface area (Å²) in [5, 5.41) is 6.70. The number of rotatable bonds is 9. The van der Waals surface area contributed by atoms with E-state index in [-0.39, 0.29) is 11.6 Å². The van der Waals surface area contributed by atoms with Gasteiger partial charge in [-0.15, -0.1) is 0 Å². The third kappa shape index (κ3) is 8.06. The van der Waals surface area contributed by atoms with Gasteiger partial charge in [0.05, 0.1) is 40.2 Å². The highest BCUT2D eigenvalue weighted by Gasteiger charge is 2.42. The molecule has 11 nitrogen and oxygen atoms in total. The lowest BCUT2D eigenvalue weighted by molar-refractivity contribution is -0.189. The van der Waals surface area contributed by atoms with Crippen molar-refractivity contribution in [3.63, 3.8) is 0 Å². The van der Waals surface area contributed by atoms with E-state index in [9.17, 15) is 31.5 Å². The van der Waals surface area contributed by atoms with Gasteiger partial charge in [0, 0.05) is 50.3 Å². The second-order valence-corrected chi connectivity index (χ2v) is 12.8. The van der Waals surface area contributed by atoms with Gasteiger partial charge < -0.3 is 29.9 Å². The van der Waals surface area contributed by atoms with E-state index in [0.29, 0.717) is 63.0 Å². The van der Waals surface area contributed by atoms with E-state index in [1.54, 1.807) is 35.4 Å². The molecule has 2 N–H and O–H groups in total. The number of carbonyl (C=O) groups excluding carboxylic acids is 2. The van der Waals surface area contributed by atoms with E-state index in [4.69, 9.17) is 26.3 Å². The lowest BCUT2D eigenvalue weighted by atomic mass is 10.1. The van der Waals surface area contributed by atoms with Gasteiger partial charge in [-0.2, -0.15) is 13.2 Å². The van der Waals surface area contributed by atoms with Crippen LogP contribution < -0.4 is 25.2 Å². The molecule has 1 amide bonds. The lowest BCUT2D eigenvalue weighted by Gasteiger charge is -2.29. The van der Waals surface area contributed by atoms with Crippen LogP contribution in [0.1, 0.15) is 10.4 Å². The number of halogens is 6. The summed E-state index contributed by atoms with van der Waals surface area (Å²) in [6.45, 7) is 2.71. The first-order valence-electron chi connectivity index (χ1n) is 15.4. The van der Waals surface area contributed by atoms with Gasteiger partial charge in [0.15, 0.2) is 16.7 Å².